The molecule has 1 aromatic rings. The normalized spacial score (nSPS) is 19.3. The molecular formula is C13H25N5. The van der Waals surface area contributed by atoms with E-state index in [-0.39, 0.29) is 0 Å². The Morgan fingerprint density at radius 2 is 1.94 bits per heavy atom. The minimum absolute atomic E-state index is 0.421. The Kier molecular flexibility index (Phi) is 4.69. The highest BCUT2D eigenvalue weighted by Gasteiger charge is 2.24. The van der Waals surface area contributed by atoms with Crippen molar-refractivity contribution in [3.05, 3.63) is 5.82 Å². The van der Waals surface area contributed by atoms with Gasteiger partial charge in [0.1, 0.15) is 0 Å². The van der Waals surface area contributed by atoms with Gasteiger partial charge < -0.3 is 5.32 Å². The highest BCUT2D eigenvalue weighted by atomic mass is 15.6. The van der Waals surface area contributed by atoms with Gasteiger partial charge in [-0.25, -0.2) is 4.68 Å². The third-order valence-corrected chi connectivity index (χ3v) is 3.95. The van der Waals surface area contributed by atoms with Gasteiger partial charge in [0.25, 0.3) is 0 Å². The average molecular weight is 251 g/mol. The molecule has 1 aliphatic rings. The molecule has 0 aromatic carbocycles. The zero-order valence-electron chi connectivity index (χ0n) is 11.8. The minimum Gasteiger partial charge on any atom is -0.308 e. The molecule has 1 saturated carbocycles. The fraction of sp³-hybridized carbons (Fsp3) is 0.923. The third-order valence-electron chi connectivity index (χ3n) is 3.95. The molecule has 1 aromatic heterocycles. The lowest BCUT2D eigenvalue weighted by atomic mass is 9.84. The van der Waals surface area contributed by atoms with Crippen LogP contribution in [0.25, 0.3) is 0 Å². The highest BCUT2D eigenvalue weighted by molar-refractivity contribution is 4.86. The summed E-state index contributed by atoms with van der Waals surface area (Å²) in [6.07, 6.45) is 6.74. The summed E-state index contributed by atoms with van der Waals surface area (Å²) in [6, 6.07) is 0.879. The van der Waals surface area contributed by atoms with Gasteiger partial charge in [-0.05, 0) is 36.1 Å². The maximum absolute atomic E-state index is 4.18. The Labute approximate surface area is 109 Å². The van der Waals surface area contributed by atoms with Crippen LogP contribution in [0.2, 0.25) is 0 Å². The molecule has 1 aliphatic carbocycles. The topological polar surface area (TPSA) is 55.6 Å². The van der Waals surface area contributed by atoms with Gasteiger partial charge in [-0.3, -0.25) is 0 Å². The van der Waals surface area contributed by atoms with Gasteiger partial charge >= 0.3 is 0 Å². The van der Waals surface area contributed by atoms with Crippen LogP contribution in [0, 0.1) is 5.92 Å². The van der Waals surface area contributed by atoms with Crippen LogP contribution < -0.4 is 5.32 Å². The van der Waals surface area contributed by atoms with E-state index in [1.807, 2.05) is 4.68 Å². The van der Waals surface area contributed by atoms with Crippen molar-refractivity contribution in [2.75, 3.05) is 0 Å². The summed E-state index contributed by atoms with van der Waals surface area (Å²) in [7, 11) is 0. The van der Waals surface area contributed by atoms with Crippen LogP contribution in [-0.2, 0) is 6.54 Å². The smallest absolute Gasteiger partial charge is 0.165 e. The molecule has 0 radical (unpaired) electrons. The SMILES string of the molecule is CC(C)NCc1nnnn1C(C)C1CCCCC1. The van der Waals surface area contributed by atoms with E-state index in [1.165, 1.54) is 32.1 Å². The van der Waals surface area contributed by atoms with Gasteiger partial charge in [-0.15, -0.1) is 5.10 Å². The van der Waals surface area contributed by atoms with Crippen LogP contribution in [0.5, 0.6) is 0 Å². The first kappa shape index (κ1) is 13.5. The lowest BCUT2D eigenvalue weighted by Gasteiger charge is -2.28. The van der Waals surface area contributed by atoms with Crippen molar-refractivity contribution in [1.29, 1.82) is 0 Å². The average Bonchev–Trinajstić information content (AvgIpc) is 2.85. The molecule has 1 unspecified atom stereocenters. The molecule has 1 heterocycles. The number of nitrogens with zero attached hydrogens (tertiary/aromatic N) is 4. The van der Waals surface area contributed by atoms with Gasteiger partial charge in [-0.2, -0.15) is 0 Å². The van der Waals surface area contributed by atoms with Crippen LogP contribution in [-0.4, -0.2) is 26.2 Å². The van der Waals surface area contributed by atoms with Crippen molar-refractivity contribution >= 4 is 0 Å². The molecule has 18 heavy (non-hydrogen) atoms. The van der Waals surface area contributed by atoms with E-state index in [9.17, 15) is 0 Å². The van der Waals surface area contributed by atoms with Crippen molar-refractivity contribution in [1.82, 2.24) is 25.5 Å². The second-order valence-corrected chi connectivity index (χ2v) is 5.71. The third kappa shape index (κ3) is 3.28. The van der Waals surface area contributed by atoms with E-state index in [0.29, 0.717) is 12.1 Å². The number of rotatable bonds is 5. The van der Waals surface area contributed by atoms with Gasteiger partial charge in [0.05, 0.1) is 12.6 Å². The molecular weight excluding hydrogens is 226 g/mol. The van der Waals surface area contributed by atoms with E-state index in [4.69, 9.17) is 0 Å². The fourth-order valence-electron chi connectivity index (χ4n) is 2.76. The maximum atomic E-state index is 4.18. The number of nitrogens with one attached hydrogen (secondary N) is 1. The van der Waals surface area contributed by atoms with Crippen molar-refractivity contribution in [3.8, 4) is 0 Å². The lowest BCUT2D eigenvalue weighted by molar-refractivity contribution is 0.242. The van der Waals surface area contributed by atoms with Crippen LogP contribution in [0.4, 0.5) is 0 Å². The summed E-state index contributed by atoms with van der Waals surface area (Å²) in [6.45, 7) is 7.28. The minimum atomic E-state index is 0.421. The van der Waals surface area contributed by atoms with Gasteiger partial charge in [0.15, 0.2) is 5.82 Å². The van der Waals surface area contributed by atoms with Crippen LogP contribution in [0.3, 0.4) is 0 Å². The van der Waals surface area contributed by atoms with E-state index >= 15 is 0 Å². The van der Waals surface area contributed by atoms with Crippen molar-refractivity contribution in [2.45, 2.75) is 71.5 Å². The zero-order valence-corrected chi connectivity index (χ0v) is 11.8. The van der Waals surface area contributed by atoms with E-state index in [1.54, 1.807) is 0 Å². The van der Waals surface area contributed by atoms with E-state index in [0.717, 1.165) is 18.3 Å². The summed E-state index contributed by atoms with van der Waals surface area (Å²) < 4.78 is 2.02. The maximum Gasteiger partial charge on any atom is 0.165 e. The molecule has 1 fully saturated rings. The first-order chi connectivity index (χ1) is 8.68. The molecule has 5 nitrogen and oxygen atoms in total. The van der Waals surface area contributed by atoms with Crippen LogP contribution in [0.1, 0.15) is 64.7 Å². The fourth-order valence-corrected chi connectivity index (χ4v) is 2.76. The highest BCUT2D eigenvalue weighted by Crippen LogP contribution is 2.32. The summed E-state index contributed by atoms with van der Waals surface area (Å²) in [5.74, 6) is 1.70. The van der Waals surface area contributed by atoms with Gasteiger partial charge in [0.2, 0.25) is 0 Å². The Hall–Kier alpha value is -0.970. The Bertz CT molecular complexity index is 354. The first-order valence-corrected chi connectivity index (χ1v) is 7.18. The zero-order chi connectivity index (χ0) is 13.0. The molecule has 102 valence electrons. The predicted molar refractivity (Wildman–Crippen MR) is 71.1 cm³/mol. The van der Waals surface area contributed by atoms with E-state index < -0.39 is 0 Å². The molecule has 1 atom stereocenters. The predicted octanol–water partition coefficient (Wildman–Crippen LogP) is 2.31. The molecule has 0 bridgehead atoms. The molecule has 0 saturated heterocycles. The van der Waals surface area contributed by atoms with Crippen molar-refractivity contribution in [3.63, 3.8) is 0 Å². The number of aromatic nitrogens is 4. The molecule has 5 heteroatoms. The van der Waals surface area contributed by atoms with Gasteiger partial charge in [0, 0.05) is 6.04 Å². The second kappa shape index (κ2) is 6.27. The number of tetrazole rings is 1. The first-order valence-electron chi connectivity index (χ1n) is 7.18. The quantitative estimate of drug-likeness (QED) is 0.872. The van der Waals surface area contributed by atoms with Gasteiger partial charge in [-0.1, -0.05) is 33.1 Å². The van der Waals surface area contributed by atoms with Crippen LogP contribution >= 0.6 is 0 Å². The van der Waals surface area contributed by atoms with E-state index in [2.05, 4.69) is 41.6 Å². The molecule has 0 amide bonds. The molecule has 2 rings (SSSR count). The molecule has 0 spiro atoms. The number of hydrogen-bond donors (Lipinski definition) is 1. The largest absolute Gasteiger partial charge is 0.308 e. The summed E-state index contributed by atoms with van der Waals surface area (Å²) in [5.41, 5.74) is 0. The Morgan fingerprint density at radius 1 is 1.22 bits per heavy atom. The monoisotopic (exact) mass is 251 g/mol. The molecule has 0 aliphatic heterocycles. The standard InChI is InChI=1S/C13H25N5/c1-10(2)14-9-13-15-16-17-18(13)11(3)12-7-5-4-6-8-12/h10-12,14H,4-9H2,1-3H3. The second-order valence-electron chi connectivity index (χ2n) is 5.71. The lowest BCUT2D eigenvalue weighted by Crippen LogP contribution is -2.27. The number of hydrogen-bond acceptors (Lipinski definition) is 4. The Balaban J connectivity index is 2.00. The summed E-state index contributed by atoms with van der Waals surface area (Å²) >= 11 is 0. The Morgan fingerprint density at radius 3 is 2.61 bits per heavy atom. The van der Waals surface area contributed by atoms with Crippen LogP contribution in [0.15, 0.2) is 0 Å². The summed E-state index contributed by atoms with van der Waals surface area (Å²) in [4.78, 5) is 0. The summed E-state index contributed by atoms with van der Waals surface area (Å²) in [5, 5.41) is 15.5. The van der Waals surface area contributed by atoms with Crippen molar-refractivity contribution in [2.24, 2.45) is 5.92 Å². The molecule has 1 N–H and O–H groups in total. The van der Waals surface area contributed by atoms with Crippen molar-refractivity contribution < 1.29 is 0 Å².